The fourth-order valence-corrected chi connectivity index (χ4v) is 2.42. The van der Waals surface area contributed by atoms with Crippen LogP contribution in [0.1, 0.15) is 62.7 Å². The van der Waals surface area contributed by atoms with E-state index in [1.807, 2.05) is 27.7 Å². The first-order valence-corrected chi connectivity index (χ1v) is 7.90. The summed E-state index contributed by atoms with van der Waals surface area (Å²) < 4.78 is 0. The molecule has 1 atom stereocenters. The lowest BCUT2D eigenvalue weighted by molar-refractivity contribution is -0.136. The van der Waals surface area contributed by atoms with Crippen molar-refractivity contribution < 1.29 is 20.6 Å². The molecule has 23 heavy (non-hydrogen) atoms. The minimum absolute atomic E-state index is 0. The van der Waals surface area contributed by atoms with E-state index >= 15 is 0 Å². The number of hydrogen-bond donors (Lipinski definition) is 1. The highest BCUT2D eigenvalue weighted by atomic mass is 16.2. The zero-order chi connectivity index (χ0) is 17.6. The molecule has 4 amide bonds. The summed E-state index contributed by atoms with van der Waals surface area (Å²) in [5, 5.41) is 2.15. The maximum Gasteiger partial charge on any atom is 0.262 e. The van der Waals surface area contributed by atoms with Crippen molar-refractivity contribution in [2.24, 2.45) is 0 Å². The van der Waals surface area contributed by atoms with E-state index in [0.29, 0.717) is 11.1 Å². The van der Waals surface area contributed by atoms with Gasteiger partial charge in [-0.15, -0.1) is 0 Å². The van der Waals surface area contributed by atoms with E-state index in [1.54, 1.807) is 24.3 Å². The van der Waals surface area contributed by atoms with Crippen molar-refractivity contribution in [3.63, 3.8) is 0 Å². The highest BCUT2D eigenvalue weighted by Crippen LogP contribution is 2.26. The van der Waals surface area contributed by atoms with Crippen LogP contribution in [0.3, 0.4) is 0 Å². The monoisotopic (exact) mass is 320 g/mol. The molecule has 0 radical (unpaired) electrons. The van der Waals surface area contributed by atoms with Crippen LogP contribution in [0.2, 0.25) is 0 Å². The van der Waals surface area contributed by atoms with Crippen LogP contribution >= 0.6 is 0 Å². The zero-order valence-corrected chi connectivity index (χ0v) is 13.9. The molecule has 1 unspecified atom stereocenters. The van der Waals surface area contributed by atoms with Crippen LogP contribution in [0.15, 0.2) is 24.3 Å². The number of hydrogen-bond acceptors (Lipinski definition) is 4. The highest BCUT2D eigenvalue weighted by Gasteiger charge is 2.44. The number of nitrogens with one attached hydrogen (secondary N) is 1. The predicted molar refractivity (Wildman–Crippen MR) is 87.9 cm³/mol. The first-order chi connectivity index (χ1) is 11.1. The molecule has 0 aromatic heterocycles. The molecule has 6 heteroatoms. The van der Waals surface area contributed by atoms with Gasteiger partial charge in [0.2, 0.25) is 11.8 Å². The summed E-state index contributed by atoms with van der Waals surface area (Å²) in [6.45, 7) is 8.00. The van der Waals surface area contributed by atoms with Crippen molar-refractivity contribution in [2.75, 3.05) is 0 Å². The van der Waals surface area contributed by atoms with E-state index in [0.717, 1.165) is 4.90 Å². The summed E-state index contributed by atoms with van der Waals surface area (Å²) >= 11 is 0. The van der Waals surface area contributed by atoms with Crippen LogP contribution in [-0.4, -0.2) is 34.6 Å². The summed E-state index contributed by atoms with van der Waals surface area (Å²) in [4.78, 5) is 48.1. The summed E-state index contributed by atoms with van der Waals surface area (Å²) in [6.07, 6.45) is 0.306. The van der Waals surface area contributed by atoms with Gasteiger partial charge < -0.3 is 0 Å². The number of amides is 4. The second kappa shape index (κ2) is 8.22. The quantitative estimate of drug-likeness (QED) is 0.805. The van der Waals surface area contributed by atoms with Gasteiger partial charge in [-0.1, -0.05) is 39.8 Å². The summed E-state index contributed by atoms with van der Waals surface area (Å²) in [5.74, 6) is -1.92. The van der Waals surface area contributed by atoms with Gasteiger partial charge in [0.25, 0.3) is 11.8 Å². The number of rotatable bonds is 1. The van der Waals surface area contributed by atoms with E-state index in [2.05, 4.69) is 5.32 Å². The minimum Gasteiger partial charge on any atom is -0.295 e. The third-order valence-electron chi connectivity index (χ3n) is 3.35. The van der Waals surface area contributed by atoms with Crippen molar-refractivity contribution in [1.29, 1.82) is 0 Å². The Labute approximate surface area is 137 Å². The largest absolute Gasteiger partial charge is 0.295 e. The van der Waals surface area contributed by atoms with Crippen LogP contribution in [0.25, 0.3) is 0 Å². The Morgan fingerprint density at radius 3 is 1.87 bits per heavy atom. The van der Waals surface area contributed by atoms with E-state index in [4.69, 9.17) is 0 Å². The molecule has 1 N–H and O–H groups in total. The van der Waals surface area contributed by atoms with Crippen LogP contribution in [0.4, 0.5) is 0 Å². The van der Waals surface area contributed by atoms with Gasteiger partial charge >= 0.3 is 0 Å². The van der Waals surface area contributed by atoms with Crippen LogP contribution in [-0.2, 0) is 9.59 Å². The van der Waals surface area contributed by atoms with E-state index < -0.39 is 23.8 Å². The lowest BCUT2D eigenvalue weighted by Crippen LogP contribution is -2.54. The highest BCUT2D eigenvalue weighted by molar-refractivity contribution is 6.23. The van der Waals surface area contributed by atoms with Gasteiger partial charge in [-0.2, -0.15) is 0 Å². The summed E-state index contributed by atoms with van der Waals surface area (Å²) in [7, 11) is 0. The van der Waals surface area contributed by atoms with Crippen molar-refractivity contribution in [1.82, 2.24) is 10.2 Å². The SMILES string of the molecule is CC.CC.O=C1CCC(N2C(=O)c3ccccc3C2=O)C(=O)N1.[HH]. The van der Waals surface area contributed by atoms with E-state index in [9.17, 15) is 19.2 Å². The molecule has 2 aliphatic heterocycles. The number of benzene rings is 1. The Kier molecular flexibility index (Phi) is 6.63. The number of fused-ring (bicyclic) bond motifs is 1. The molecular weight excluding hydrogens is 296 g/mol. The molecule has 1 fully saturated rings. The second-order valence-electron chi connectivity index (χ2n) is 4.49. The molecule has 3 rings (SSSR count). The van der Waals surface area contributed by atoms with E-state index in [-0.39, 0.29) is 20.2 Å². The molecule has 0 saturated carbocycles. The Morgan fingerprint density at radius 1 is 0.957 bits per heavy atom. The van der Waals surface area contributed by atoms with Crippen molar-refractivity contribution in [3.05, 3.63) is 35.4 Å². The molecule has 1 aromatic carbocycles. The van der Waals surface area contributed by atoms with Gasteiger partial charge in [0.15, 0.2) is 0 Å². The van der Waals surface area contributed by atoms with Crippen molar-refractivity contribution in [3.8, 4) is 0 Å². The Hall–Kier alpha value is -2.50. The van der Waals surface area contributed by atoms with Gasteiger partial charge in [0, 0.05) is 7.85 Å². The van der Waals surface area contributed by atoms with Crippen LogP contribution in [0, 0.1) is 0 Å². The van der Waals surface area contributed by atoms with E-state index in [1.165, 1.54) is 0 Å². The van der Waals surface area contributed by atoms with Gasteiger partial charge in [0.05, 0.1) is 11.1 Å². The molecule has 2 aliphatic rings. The molecule has 126 valence electrons. The Balaban J connectivity index is 0.000000987. The van der Waals surface area contributed by atoms with Gasteiger partial charge in [-0.25, -0.2) is 0 Å². The minimum atomic E-state index is -0.898. The summed E-state index contributed by atoms with van der Waals surface area (Å²) in [5.41, 5.74) is 0.606. The topological polar surface area (TPSA) is 83.6 Å². The van der Waals surface area contributed by atoms with Crippen molar-refractivity contribution in [2.45, 2.75) is 46.6 Å². The van der Waals surface area contributed by atoms with Gasteiger partial charge in [-0.05, 0) is 18.6 Å². The predicted octanol–water partition coefficient (Wildman–Crippen LogP) is 2.39. The molecular formula is C17H24N2O4. The van der Waals surface area contributed by atoms with Gasteiger partial charge in [0.1, 0.15) is 6.04 Å². The first-order valence-electron chi connectivity index (χ1n) is 7.90. The fraction of sp³-hybridized carbons (Fsp3) is 0.412. The molecule has 6 nitrogen and oxygen atoms in total. The molecule has 1 saturated heterocycles. The Morgan fingerprint density at radius 2 is 1.43 bits per heavy atom. The maximum absolute atomic E-state index is 12.2. The normalized spacial score (nSPS) is 19.1. The standard InChI is InChI=1S/C13H10N2O4.2C2H6.H2/c16-10-6-5-9(11(17)14-10)15-12(18)7-3-1-2-4-8(7)13(15)19;2*1-2;/h1-4,9H,5-6H2,(H,14,16,17);2*1-2H3;1H. The maximum atomic E-state index is 12.2. The fourth-order valence-electron chi connectivity index (χ4n) is 2.42. The van der Waals surface area contributed by atoms with Gasteiger partial charge in [-0.3, -0.25) is 29.4 Å². The number of nitrogens with zero attached hydrogens (tertiary/aromatic N) is 1. The molecule has 1 aromatic rings. The van der Waals surface area contributed by atoms with Crippen molar-refractivity contribution >= 4 is 23.6 Å². The lowest BCUT2D eigenvalue weighted by Gasteiger charge is -2.27. The number of carbonyl (C=O) groups is 4. The third kappa shape index (κ3) is 3.47. The molecule has 0 aliphatic carbocycles. The zero-order valence-electron chi connectivity index (χ0n) is 13.9. The smallest absolute Gasteiger partial charge is 0.262 e. The summed E-state index contributed by atoms with van der Waals surface area (Å²) in [6, 6.07) is 5.55. The molecule has 0 bridgehead atoms. The number of carbonyl (C=O) groups excluding carboxylic acids is 4. The number of piperidine rings is 1. The molecule has 2 heterocycles. The average Bonchev–Trinajstić information content (AvgIpc) is 2.84. The lowest BCUT2D eigenvalue weighted by atomic mass is 10.0. The first kappa shape index (κ1) is 18.5. The third-order valence-corrected chi connectivity index (χ3v) is 3.35. The van der Waals surface area contributed by atoms with Crippen LogP contribution in [0.5, 0.6) is 0 Å². The average molecular weight is 320 g/mol. The number of imide groups is 2. The molecule has 0 spiro atoms. The second-order valence-corrected chi connectivity index (χ2v) is 4.49. The Bertz CT molecular complexity index is 596. The van der Waals surface area contributed by atoms with Crippen LogP contribution < -0.4 is 5.32 Å².